The number of amides is 1. The fourth-order valence-corrected chi connectivity index (χ4v) is 2.81. The van der Waals surface area contributed by atoms with E-state index in [0.717, 1.165) is 16.9 Å². The van der Waals surface area contributed by atoms with Gasteiger partial charge in [-0.25, -0.2) is 0 Å². The molecule has 0 bridgehead atoms. The molecule has 3 aromatic carbocycles. The quantitative estimate of drug-likeness (QED) is 0.581. The number of fused-ring (bicyclic) bond motifs is 1. The summed E-state index contributed by atoms with van der Waals surface area (Å²) in [5, 5.41) is 12.6. The number of nitrogens with zero attached hydrogens (tertiary/aromatic N) is 2. The van der Waals surface area contributed by atoms with Crippen LogP contribution in [0.4, 0.5) is 0 Å². The first-order chi connectivity index (χ1) is 12.7. The lowest BCUT2D eigenvalue weighted by Gasteiger charge is -2.08. The molecule has 0 unspecified atom stereocenters. The lowest BCUT2D eigenvalue weighted by Crippen LogP contribution is -2.12. The number of aromatic nitrogens is 3. The van der Waals surface area contributed by atoms with Crippen molar-refractivity contribution in [3.05, 3.63) is 78.0 Å². The van der Waals surface area contributed by atoms with Crippen molar-refractivity contribution >= 4 is 16.7 Å². The molecule has 0 fully saturated rings. The maximum atomic E-state index is 11.4. The van der Waals surface area contributed by atoms with Crippen LogP contribution < -0.4 is 10.5 Å². The van der Waals surface area contributed by atoms with Gasteiger partial charge in [-0.05, 0) is 46.7 Å². The number of primary amides is 1. The van der Waals surface area contributed by atoms with Gasteiger partial charge in [0.2, 0.25) is 0 Å². The molecule has 0 spiro atoms. The lowest BCUT2D eigenvalue weighted by molar-refractivity contribution is 0.0996. The monoisotopic (exact) mass is 344 g/mol. The Labute approximate surface area is 149 Å². The number of ether oxygens (including phenoxy) is 1. The van der Waals surface area contributed by atoms with Gasteiger partial charge in [0.1, 0.15) is 18.1 Å². The molecule has 4 rings (SSSR count). The molecule has 0 saturated carbocycles. The second-order valence-electron chi connectivity index (χ2n) is 5.88. The predicted octanol–water partition coefficient (Wildman–Crippen LogP) is 3.30. The number of rotatable bonds is 5. The molecule has 1 heterocycles. The Hall–Kier alpha value is -3.67. The van der Waals surface area contributed by atoms with Crippen LogP contribution in [0, 0.1) is 0 Å². The van der Waals surface area contributed by atoms with E-state index in [2.05, 4.69) is 45.7 Å². The van der Waals surface area contributed by atoms with E-state index in [1.54, 1.807) is 0 Å². The minimum absolute atomic E-state index is 0.120. The van der Waals surface area contributed by atoms with Crippen LogP contribution in [0.25, 0.3) is 22.0 Å². The Morgan fingerprint density at radius 3 is 2.50 bits per heavy atom. The number of carbonyl (C=O) groups excluding carboxylic acids is 1. The first kappa shape index (κ1) is 15.8. The zero-order chi connectivity index (χ0) is 17.9. The van der Waals surface area contributed by atoms with E-state index in [4.69, 9.17) is 10.5 Å². The van der Waals surface area contributed by atoms with Gasteiger partial charge >= 0.3 is 0 Å². The van der Waals surface area contributed by atoms with Crippen molar-refractivity contribution < 1.29 is 9.53 Å². The molecule has 0 aliphatic carbocycles. The van der Waals surface area contributed by atoms with E-state index in [-0.39, 0.29) is 5.69 Å². The molecule has 0 aliphatic rings. The first-order valence-electron chi connectivity index (χ1n) is 8.12. The van der Waals surface area contributed by atoms with E-state index >= 15 is 0 Å². The van der Waals surface area contributed by atoms with Crippen molar-refractivity contribution in [1.82, 2.24) is 15.4 Å². The van der Waals surface area contributed by atoms with Gasteiger partial charge in [0.05, 0.1) is 0 Å². The molecular formula is C20H16N4O2. The number of aromatic amines is 1. The Morgan fingerprint density at radius 1 is 0.962 bits per heavy atom. The standard InChI is InChI=1S/C20H16N4O2/c21-20(25)19-18(22-24-23-19)15-7-9-17(10-8-15)26-12-13-5-6-14-3-1-2-4-16(14)11-13/h1-11H,12H2,(H2,21,25)(H,22,23,24). The molecule has 1 aromatic heterocycles. The molecule has 0 saturated heterocycles. The number of nitrogens with one attached hydrogen (secondary N) is 1. The molecule has 0 aliphatic heterocycles. The highest BCUT2D eigenvalue weighted by Gasteiger charge is 2.14. The van der Waals surface area contributed by atoms with Crippen LogP contribution in [0.15, 0.2) is 66.7 Å². The Morgan fingerprint density at radius 2 is 1.73 bits per heavy atom. The predicted molar refractivity (Wildman–Crippen MR) is 98.6 cm³/mol. The molecular weight excluding hydrogens is 328 g/mol. The molecule has 26 heavy (non-hydrogen) atoms. The number of carbonyl (C=O) groups is 1. The summed E-state index contributed by atoms with van der Waals surface area (Å²) in [7, 11) is 0. The van der Waals surface area contributed by atoms with Crippen molar-refractivity contribution in [2.75, 3.05) is 0 Å². The van der Waals surface area contributed by atoms with Gasteiger partial charge in [-0.1, -0.05) is 36.4 Å². The molecule has 128 valence electrons. The molecule has 1 amide bonds. The number of hydrogen-bond donors (Lipinski definition) is 2. The van der Waals surface area contributed by atoms with E-state index in [0.29, 0.717) is 12.3 Å². The smallest absolute Gasteiger partial charge is 0.271 e. The fourth-order valence-electron chi connectivity index (χ4n) is 2.81. The van der Waals surface area contributed by atoms with Crippen LogP contribution in [-0.4, -0.2) is 21.3 Å². The van der Waals surface area contributed by atoms with Gasteiger partial charge in [-0.3, -0.25) is 4.79 Å². The van der Waals surface area contributed by atoms with Gasteiger partial charge in [0.25, 0.3) is 5.91 Å². The summed E-state index contributed by atoms with van der Waals surface area (Å²) in [6.07, 6.45) is 0. The maximum Gasteiger partial charge on any atom is 0.271 e. The summed E-state index contributed by atoms with van der Waals surface area (Å²) in [6.45, 7) is 0.473. The number of nitrogens with two attached hydrogens (primary N) is 1. The Kier molecular flexibility index (Phi) is 4.07. The number of H-pyrrole nitrogens is 1. The van der Waals surface area contributed by atoms with Gasteiger partial charge in [-0.2, -0.15) is 15.4 Å². The van der Waals surface area contributed by atoms with E-state index in [1.807, 2.05) is 36.4 Å². The van der Waals surface area contributed by atoms with Crippen molar-refractivity contribution in [2.24, 2.45) is 5.73 Å². The third kappa shape index (κ3) is 3.12. The SMILES string of the molecule is NC(=O)c1n[nH]nc1-c1ccc(OCc2ccc3ccccc3c2)cc1. The number of benzene rings is 3. The van der Waals surface area contributed by atoms with Crippen molar-refractivity contribution in [3.8, 4) is 17.0 Å². The highest BCUT2D eigenvalue weighted by Crippen LogP contribution is 2.23. The second kappa shape index (κ2) is 6.68. The van der Waals surface area contributed by atoms with Crippen LogP contribution >= 0.6 is 0 Å². The van der Waals surface area contributed by atoms with Gasteiger partial charge in [-0.15, -0.1) is 0 Å². The van der Waals surface area contributed by atoms with Gasteiger partial charge < -0.3 is 10.5 Å². The first-order valence-corrected chi connectivity index (χ1v) is 8.12. The average molecular weight is 344 g/mol. The molecule has 0 radical (unpaired) electrons. The summed E-state index contributed by atoms with van der Waals surface area (Å²) in [5.41, 5.74) is 7.68. The van der Waals surface area contributed by atoms with Crippen LogP contribution in [-0.2, 0) is 6.61 Å². The largest absolute Gasteiger partial charge is 0.489 e. The topological polar surface area (TPSA) is 93.9 Å². The Bertz CT molecular complexity index is 1070. The normalized spacial score (nSPS) is 10.8. The molecule has 6 heteroatoms. The zero-order valence-corrected chi connectivity index (χ0v) is 13.8. The van der Waals surface area contributed by atoms with E-state index in [9.17, 15) is 4.79 Å². The van der Waals surface area contributed by atoms with Crippen molar-refractivity contribution in [3.63, 3.8) is 0 Å². The van der Waals surface area contributed by atoms with Crippen LogP contribution in [0.1, 0.15) is 16.1 Å². The van der Waals surface area contributed by atoms with Crippen molar-refractivity contribution in [1.29, 1.82) is 0 Å². The summed E-state index contributed by atoms with van der Waals surface area (Å²) >= 11 is 0. The summed E-state index contributed by atoms with van der Waals surface area (Å²) in [6, 6.07) is 21.8. The van der Waals surface area contributed by atoms with Crippen LogP contribution in [0.5, 0.6) is 5.75 Å². The maximum absolute atomic E-state index is 11.4. The van der Waals surface area contributed by atoms with Gasteiger partial charge in [0, 0.05) is 5.56 Å². The van der Waals surface area contributed by atoms with Crippen LogP contribution in [0.2, 0.25) is 0 Å². The zero-order valence-electron chi connectivity index (χ0n) is 13.8. The lowest BCUT2D eigenvalue weighted by atomic mass is 10.1. The summed E-state index contributed by atoms with van der Waals surface area (Å²) in [4.78, 5) is 11.4. The van der Waals surface area contributed by atoms with Gasteiger partial charge in [0.15, 0.2) is 5.69 Å². The minimum Gasteiger partial charge on any atom is -0.489 e. The average Bonchev–Trinajstić information content (AvgIpc) is 3.17. The third-order valence-electron chi connectivity index (χ3n) is 4.13. The highest BCUT2D eigenvalue weighted by molar-refractivity contribution is 5.96. The van der Waals surface area contributed by atoms with E-state index < -0.39 is 5.91 Å². The fraction of sp³-hybridized carbons (Fsp3) is 0.0500. The number of hydrogen-bond acceptors (Lipinski definition) is 4. The minimum atomic E-state index is -0.620. The summed E-state index contributed by atoms with van der Waals surface area (Å²) in [5.74, 6) is 0.108. The molecule has 6 nitrogen and oxygen atoms in total. The third-order valence-corrected chi connectivity index (χ3v) is 4.13. The Balaban J connectivity index is 1.48. The second-order valence-corrected chi connectivity index (χ2v) is 5.88. The molecule has 3 N–H and O–H groups in total. The summed E-state index contributed by atoms with van der Waals surface area (Å²) < 4.78 is 5.86. The van der Waals surface area contributed by atoms with E-state index in [1.165, 1.54) is 10.8 Å². The van der Waals surface area contributed by atoms with Crippen LogP contribution in [0.3, 0.4) is 0 Å². The molecule has 4 aromatic rings. The highest BCUT2D eigenvalue weighted by atomic mass is 16.5. The van der Waals surface area contributed by atoms with Crippen molar-refractivity contribution in [2.45, 2.75) is 6.61 Å². The molecule has 0 atom stereocenters.